The van der Waals surface area contributed by atoms with Gasteiger partial charge in [0.1, 0.15) is 0 Å². The number of methoxy groups -OCH3 is 1. The molecule has 0 atom stereocenters. The first-order chi connectivity index (χ1) is 11.4. The van der Waals surface area contributed by atoms with E-state index in [0.29, 0.717) is 28.1 Å². The van der Waals surface area contributed by atoms with Crippen molar-refractivity contribution in [3.8, 4) is 11.5 Å². The minimum Gasteiger partial charge on any atom is -0.492 e. The largest absolute Gasteiger partial charge is 0.492 e. The molecule has 0 aliphatic heterocycles. The van der Waals surface area contributed by atoms with Crippen LogP contribution in [0.15, 0.2) is 28.7 Å². The van der Waals surface area contributed by atoms with Crippen LogP contribution in [0, 0.1) is 20.8 Å². The van der Waals surface area contributed by atoms with E-state index in [1.54, 1.807) is 19.2 Å². The van der Waals surface area contributed by atoms with Crippen molar-refractivity contribution in [2.24, 2.45) is 0 Å². The van der Waals surface area contributed by atoms with Crippen molar-refractivity contribution >= 4 is 27.5 Å². The Balaban J connectivity index is 2.37. The van der Waals surface area contributed by atoms with E-state index >= 15 is 0 Å². The second-order valence-corrected chi connectivity index (χ2v) is 6.50. The van der Waals surface area contributed by atoms with Crippen molar-refractivity contribution in [1.82, 2.24) is 0 Å². The number of benzene rings is 2. The number of ether oxygens (including phenoxy) is 2. The topological polar surface area (TPSA) is 47.6 Å². The molecule has 2 aromatic rings. The fourth-order valence-electron chi connectivity index (χ4n) is 2.72. The highest BCUT2D eigenvalue weighted by Crippen LogP contribution is 2.37. The summed E-state index contributed by atoms with van der Waals surface area (Å²) in [5.74, 6) is 0.933. The van der Waals surface area contributed by atoms with Gasteiger partial charge in [0, 0.05) is 11.3 Å². The van der Waals surface area contributed by atoms with Crippen molar-refractivity contribution < 1.29 is 14.3 Å². The van der Waals surface area contributed by atoms with E-state index < -0.39 is 0 Å². The Bertz CT molecular complexity index is 748. The molecular weight excluding hydrogens is 370 g/mol. The molecule has 24 heavy (non-hydrogen) atoms. The van der Waals surface area contributed by atoms with Gasteiger partial charge in [-0.15, -0.1) is 0 Å². The number of halogens is 1. The molecule has 1 N–H and O–H groups in total. The molecule has 2 aromatic carbocycles. The number of amides is 1. The van der Waals surface area contributed by atoms with Gasteiger partial charge in [-0.2, -0.15) is 0 Å². The summed E-state index contributed by atoms with van der Waals surface area (Å²) in [6, 6.07) is 7.53. The molecule has 0 aromatic heterocycles. The number of hydrogen-bond donors (Lipinski definition) is 1. The first-order valence-corrected chi connectivity index (χ1v) is 8.56. The number of hydrogen-bond acceptors (Lipinski definition) is 3. The lowest BCUT2D eigenvalue weighted by Gasteiger charge is -2.15. The van der Waals surface area contributed by atoms with E-state index in [1.807, 2.05) is 27.7 Å². The zero-order valence-corrected chi connectivity index (χ0v) is 16.2. The van der Waals surface area contributed by atoms with Crippen LogP contribution in [0.25, 0.3) is 0 Å². The van der Waals surface area contributed by atoms with Gasteiger partial charge in [-0.25, -0.2) is 0 Å². The van der Waals surface area contributed by atoms with Crippen LogP contribution in [0.5, 0.6) is 11.5 Å². The molecule has 0 bridgehead atoms. The van der Waals surface area contributed by atoms with Crippen molar-refractivity contribution in [2.45, 2.75) is 27.7 Å². The predicted molar refractivity (Wildman–Crippen MR) is 100 cm³/mol. The maximum Gasteiger partial charge on any atom is 0.255 e. The summed E-state index contributed by atoms with van der Waals surface area (Å²) in [6.07, 6.45) is 0. The molecule has 4 nitrogen and oxygen atoms in total. The van der Waals surface area contributed by atoms with Gasteiger partial charge in [0.05, 0.1) is 18.2 Å². The smallest absolute Gasteiger partial charge is 0.255 e. The van der Waals surface area contributed by atoms with E-state index in [4.69, 9.17) is 9.47 Å². The molecule has 0 aliphatic carbocycles. The molecule has 128 valence electrons. The van der Waals surface area contributed by atoms with Gasteiger partial charge in [-0.05, 0) is 66.9 Å². The molecule has 0 unspecified atom stereocenters. The van der Waals surface area contributed by atoms with Crippen LogP contribution in [-0.2, 0) is 0 Å². The van der Waals surface area contributed by atoms with Crippen LogP contribution in [0.1, 0.15) is 34.0 Å². The van der Waals surface area contributed by atoms with Crippen LogP contribution < -0.4 is 14.8 Å². The van der Waals surface area contributed by atoms with Crippen molar-refractivity contribution in [2.75, 3.05) is 19.0 Å². The third-order valence-electron chi connectivity index (χ3n) is 3.69. The van der Waals surface area contributed by atoms with Gasteiger partial charge in [0.2, 0.25) is 0 Å². The molecule has 0 spiro atoms. The number of carbonyl (C=O) groups is 1. The average Bonchev–Trinajstić information content (AvgIpc) is 2.50. The van der Waals surface area contributed by atoms with Crippen molar-refractivity contribution in [1.29, 1.82) is 0 Å². The minimum absolute atomic E-state index is 0.186. The lowest BCUT2D eigenvalue weighted by molar-refractivity contribution is 0.102. The van der Waals surface area contributed by atoms with Crippen LogP contribution in [0.3, 0.4) is 0 Å². The zero-order valence-electron chi connectivity index (χ0n) is 14.6. The average molecular weight is 392 g/mol. The molecule has 5 heteroatoms. The van der Waals surface area contributed by atoms with E-state index in [2.05, 4.69) is 33.4 Å². The van der Waals surface area contributed by atoms with Crippen molar-refractivity contribution in [3.05, 3.63) is 51.0 Å². The lowest BCUT2D eigenvalue weighted by atomic mass is 10.0. The van der Waals surface area contributed by atoms with Crippen LogP contribution in [-0.4, -0.2) is 19.6 Å². The highest BCUT2D eigenvalue weighted by atomic mass is 79.9. The number of anilines is 1. The molecular formula is C19H22BrNO3. The Hall–Kier alpha value is -2.01. The zero-order chi connectivity index (χ0) is 17.9. The SMILES string of the molecule is CCOc1cc(C(=O)Nc2c(C)cc(C)cc2C)cc(Br)c1OC. The number of carbonyl (C=O) groups excluding carboxylic acids is 1. The third-order valence-corrected chi connectivity index (χ3v) is 4.28. The summed E-state index contributed by atoms with van der Waals surface area (Å²) in [4.78, 5) is 12.7. The fraction of sp³-hybridized carbons (Fsp3) is 0.316. The maximum absolute atomic E-state index is 12.7. The van der Waals surface area contributed by atoms with Gasteiger partial charge in [0.25, 0.3) is 5.91 Å². The van der Waals surface area contributed by atoms with Gasteiger partial charge < -0.3 is 14.8 Å². The van der Waals surface area contributed by atoms with Gasteiger partial charge >= 0.3 is 0 Å². The van der Waals surface area contributed by atoms with Crippen LogP contribution in [0.4, 0.5) is 5.69 Å². The second kappa shape index (κ2) is 7.71. The first kappa shape index (κ1) is 18.3. The molecule has 0 saturated heterocycles. The van der Waals surface area contributed by atoms with Crippen LogP contribution >= 0.6 is 15.9 Å². The summed E-state index contributed by atoms with van der Waals surface area (Å²) < 4.78 is 11.6. The summed E-state index contributed by atoms with van der Waals surface area (Å²) in [5.41, 5.74) is 4.60. The molecule has 0 saturated carbocycles. The summed E-state index contributed by atoms with van der Waals surface area (Å²) in [6.45, 7) is 8.40. The second-order valence-electron chi connectivity index (χ2n) is 5.65. The number of nitrogens with one attached hydrogen (secondary N) is 1. The highest BCUT2D eigenvalue weighted by molar-refractivity contribution is 9.10. The van der Waals surface area contributed by atoms with E-state index in [0.717, 1.165) is 16.8 Å². The van der Waals surface area contributed by atoms with Gasteiger partial charge in [-0.1, -0.05) is 17.7 Å². The van der Waals surface area contributed by atoms with Crippen LogP contribution in [0.2, 0.25) is 0 Å². The summed E-state index contributed by atoms with van der Waals surface area (Å²) >= 11 is 3.44. The molecule has 0 fully saturated rings. The van der Waals surface area contributed by atoms with E-state index in [9.17, 15) is 4.79 Å². The standard InChI is InChI=1S/C19H22BrNO3/c1-6-24-16-10-14(9-15(20)18(16)23-5)19(22)21-17-12(3)7-11(2)8-13(17)4/h7-10H,6H2,1-5H3,(H,21,22). The quantitative estimate of drug-likeness (QED) is 0.776. The van der Waals surface area contributed by atoms with Gasteiger partial charge in [-0.3, -0.25) is 4.79 Å². The van der Waals surface area contributed by atoms with E-state index in [-0.39, 0.29) is 5.91 Å². The number of rotatable bonds is 5. The first-order valence-electron chi connectivity index (χ1n) is 7.76. The molecule has 0 aliphatic rings. The Morgan fingerprint density at radius 1 is 1.12 bits per heavy atom. The molecule has 1 amide bonds. The summed E-state index contributed by atoms with van der Waals surface area (Å²) in [7, 11) is 1.57. The highest BCUT2D eigenvalue weighted by Gasteiger charge is 2.16. The molecule has 0 radical (unpaired) electrons. The number of aryl methyl sites for hydroxylation is 3. The van der Waals surface area contributed by atoms with Gasteiger partial charge in [0.15, 0.2) is 11.5 Å². The molecule has 0 heterocycles. The van der Waals surface area contributed by atoms with Crippen molar-refractivity contribution in [3.63, 3.8) is 0 Å². The Morgan fingerprint density at radius 2 is 1.75 bits per heavy atom. The normalized spacial score (nSPS) is 10.4. The lowest BCUT2D eigenvalue weighted by Crippen LogP contribution is -2.14. The monoisotopic (exact) mass is 391 g/mol. The third kappa shape index (κ3) is 3.90. The Kier molecular flexibility index (Phi) is 5.89. The maximum atomic E-state index is 12.7. The summed E-state index contributed by atoms with van der Waals surface area (Å²) in [5, 5.41) is 3.00. The predicted octanol–water partition coefficient (Wildman–Crippen LogP) is 5.03. The van der Waals surface area contributed by atoms with E-state index in [1.165, 1.54) is 5.56 Å². The minimum atomic E-state index is -0.186. The fourth-order valence-corrected chi connectivity index (χ4v) is 3.33. The Labute approximate surface area is 151 Å². The molecule has 2 rings (SSSR count). The Morgan fingerprint density at radius 3 is 2.29 bits per heavy atom.